The highest BCUT2D eigenvalue weighted by Gasteiger charge is 2.28. The van der Waals surface area contributed by atoms with E-state index in [-0.39, 0.29) is 11.7 Å². The van der Waals surface area contributed by atoms with Crippen molar-refractivity contribution in [1.29, 1.82) is 0 Å². The second-order valence-electron chi connectivity index (χ2n) is 5.65. The van der Waals surface area contributed by atoms with E-state index in [0.717, 1.165) is 5.56 Å². The number of carbonyl (C=O) groups is 1. The molecule has 0 fully saturated rings. The van der Waals surface area contributed by atoms with Crippen molar-refractivity contribution in [1.82, 2.24) is 0 Å². The van der Waals surface area contributed by atoms with Crippen LogP contribution in [0.5, 0.6) is 5.75 Å². The van der Waals surface area contributed by atoms with Crippen LogP contribution in [0, 0.1) is 5.92 Å². The summed E-state index contributed by atoms with van der Waals surface area (Å²) in [5.74, 6) is -0.832. The Morgan fingerprint density at radius 2 is 1.84 bits per heavy atom. The Bertz CT molecular complexity index is 705. The van der Waals surface area contributed by atoms with Crippen LogP contribution < -0.4 is 15.8 Å². The van der Waals surface area contributed by atoms with Crippen molar-refractivity contribution in [3.05, 3.63) is 60.2 Å². The smallest absolute Gasteiger partial charge is 0.422 e. The van der Waals surface area contributed by atoms with E-state index in [4.69, 9.17) is 5.73 Å². The number of carbonyl (C=O) groups excluding carboxylic acids is 1. The van der Waals surface area contributed by atoms with Crippen molar-refractivity contribution in [3.8, 4) is 5.75 Å². The molecule has 2 rings (SSSR count). The van der Waals surface area contributed by atoms with Crippen LogP contribution in [0.15, 0.2) is 54.6 Å². The van der Waals surface area contributed by atoms with Crippen molar-refractivity contribution >= 4 is 11.6 Å². The lowest BCUT2D eigenvalue weighted by atomic mass is 9.94. The maximum Gasteiger partial charge on any atom is 0.422 e. The maximum absolute atomic E-state index is 12.3. The Kier molecular flexibility index (Phi) is 6.03. The van der Waals surface area contributed by atoms with E-state index in [1.165, 1.54) is 18.2 Å². The van der Waals surface area contributed by atoms with Gasteiger partial charge in [0.1, 0.15) is 5.75 Å². The zero-order chi connectivity index (χ0) is 18.4. The van der Waals surface area contributed by atoms with Gasteiger partial charge in [0.15, 0.2) is 6.61 Å². The van der Waals surface area contributed by atoms with Crippen LogP contribution in [0.25, 0.3) is 0 Å². The average Bonchev–Trinajstić information content (AvgIpc) is 2.59. The standard InChI is InChI=1S/C18H19F3N2O2/c1-12(16(22)13-6-3-2-4-7-13)17(24)23-14-8-5-9-15(10-14)25-11-18(19,20)21/h2-10,12,16H,11,22H2,1H3,(H,23,24). The molecule has 2 atom stereocenters. The molecular weight excluding hydrogens is 333 g/mol. The largest absolute Gasteiger partial charge is 0.484 e. The molecule has 0 saturated heterocycles. The van der Waals surface area contributed by atoms with Crippen LogP contribution in [0.2, 0.25) is 0 Å². The van der Waals surface area contributed by atoms with Gasteiger partial charge >= 0.3 is 6.18 Å². The van der Waals surface area contributed by atoms with Crippen LogP contribution in [0.3, 0.4) is 0 Å². The number of hydrogen-bond acceptors (Lipinski definition) is 3. The van der Waals surface area contributed by atoms with Gasteiger partial charge in [0.25, 0.3) is 0 Å². The van der Waals surface area contributed by atoms with Gasteiger partial charge in [-0.15, -0.1) is 0 Å². The Balaban J connectivity index is 2.00. The van der Waals surface area contributed by atoms with E-state index in [1.807, 2.05) is 30.3 Å². The fraction of sp³-hybridized carbons (Fsp3) is 0.278. The highest BCUT2D eigenvalue weighted by Crippen LogP contribution is 2.24. The van der Waals surface area contributed by atoms with Gasteiger partial charge in [-0.2, -0.15) is 13.2 Å². The quantitative estimate of drug-likeness (QED) is 0.829. The number of amides is 1. The van der Waals surface area contributed by atoms with Crippen molar-refractivity contribution in [3.63, 3.8) is 0 Å². The number of ether oxygens (including phenoxy) is 1. The minimum absolute atomic E-state index is 0.0233. The molecule has 0 spiro atoms. The molecule has 2 aromatic carbocycles. The molecule has 7 heteroatoms. The number of rotatable bonds is 6. The summed E-state index contributed by atoms with van der Waals surface area (Å²) in [6, 6.07) is 14.5. The third kappa shape index (κ3) is 5.79. The minimum Gasteiger partial charge on any atom is -0.484 e. The maximum atomic E-state index is 12.3. The first-order chi connectivity index (χ1) is 11.8. The Morgan fingerprint density at radius 1 is 1.16 bits per heavy atom. The molecule has 0 radical (unpaired) electrons. The first-order valence-corrected chi connectivity index (χ1v) is 7.67. The van der Waals surface area contributed by atoms with Crippen LogP contribution in [-0.4, -0.2) is 18.7 Å². The second kappa shape index (κ2) is 8.02. The van der Waals surface area contributed by atoms with Crippen molar-refractivity contribution in [2.24, 2.45) is 11.7 Å². The number of halogens is 3. The second-order valence-corrected chi connectivity index (χ2v) is 5.65. The number of alkyl halides is 3. The molecular formula is C18H19F3N2O2. The predicted octanol–water partition coefficient (Wildman–Crippen LogP) is 3.90. The van der Waals surface area contributed by atoms with Gasteiger partial charge in [0.2, 0.25) is 5.91 Å². The van der Waals surface area contributed by atoms with E-state index in [2.05, 4.69) is 10.1 Å². The number of benzene rings is 2. The number of nitrogens with two attached hydrogens (primary N) is 1. The summed E-state index contributed by atoms with van der Waals surface area (Å²) in [5.41, 5.74) is 7.28. The zero-order valence-electron chi connectivity index (χ0n) is 13.6. The van der Waals surface area contributed by atoms with Crippen molar-refractivity contribution < 1.29 is 22.7 Å². The molecule has 3 N–H and O–H groups in total. The molecule has 0 aliphatic carbocycles. The normalized spacial score (nSPS) is 13.8. The number of anilines is 1. The van der Waals surface area contributed by atoms with Gasteiger partial charge in [-0.05, 0) is 17.7 Å². The summed E-state index contributed by atoms with van der Waals surface area (Å²) in [5, 5.41) is 2.65. The fourth-order valence-corrected chi connectivity index (χ4v) is 2.21. The van der Waals surface area contributed by atoms with Crippen LogP contribution in [0.4, 0.5) is 18.9 Å². The fourth-order valence-electron chi connectivity index (χ4n) is 2.21. The molecule has 0 bridgehead atoms. The van der Waals surface area contributed by atoms with E-state index in [9.17, 15) is 18.0 Å². The Hall–Kier alpha value is -2.54. The molecule has 2 unspecified atom stereocenters. The first-order valence-electron chi connectivity index (χ1n) is 7.67. The van der Waals surface area contributed by atoms with E-state index in [0.29, 0.717) is 5.69 Å². The van der Waals surface area contributed by atoms with E-state index < -0.39 is 24.7 Å². The van der Waals surface area contributed by atoms with Crippen molar-refractivity contribution in [2.45, 2.75) is 19.1 Å². The molecule has 2 aromatic rings. The summed E-state index contributed by atoms with van der Waals surface area (Å²) >= 11 is 0. The van der Waals surface area contributed by atoms with Crippen molar-refractivity contribution in [2.75, 3.05) is 11.9 Å². The summed E-state index contributed by atoms with van der Waals surface area (Å²) in [6.07, 6.45) is -4.42. The van der Waals surface area contributed by atoms with Crippen LogP contribution in [0.1, 0.15) is 18.5 Å². The lowest BCUT2D eigenvalue weighted by molar-refractivity contribution is -0.153. The molecule has 0 aliphatic rings. The Labute approximate surface area is 143 Å². The highest BCUT2D eigenvalue weighted by molar-refractivity contribution is 5.93. The molecule has 0 aromatic heterocycles. The highest BCUT2D eigenvalue weighted by atomic mass is 19.4. The minimum atomic E-state index is -4.42. The molecule has 1 amide bonds. The van der Waals surface area contributed by atoms with Gasteiger partial charge in [0.05, 0.1) is 5.92 Å². The molecule has 0 saturated carbocycles. The predicted molar refractivity (Wildman–Crippen MR) is 89.2 cm³/mol. The Morgan fingerprint density at radius 3 is 2.48 bits per heavy atom. The molecule has 134 valence electrons. The topological polar surface area (TPSA) is 64.3 Å². The van der Waals surface area contributed by atoms with Gasteiger partial charge in [-0.3, -0.25) is 4.79 Å². The monoisotopic (exact) mass is 352 g/mol. The summed E-state index contributed by atoms with van der Waals surface area (Å²) in [4.78, 5) is 12.3. The average molecular weight is 352 g/mol. The van der Waals surface area contributed by atoms with Crippen LogP contribution >= 0.6 is 0 Å². The van der Waals surface area contributed by atoms with E-state index >= 15 is 0 Å². The number of nitrogens with one attached hydrogen (secondary N) is 1. The third-order valence-corrected chi connectivity index (χ3v) is 3.64. The molecule has 0 heterocycles. The first kappa shape index (κ1) is 18.8. The van der Waals surface area contributed by atoms with Gasteiger partial charge < -0.3 is 15.8 Å². The summed E-state index contributed by atoms with van der Waals surface area (Å²) in [6.45, 7) is 0.302. The third-order valence-electron chi connectivity index (χ3n) is 3.64. The summed E-state index contributed by atoms with van der Waals surface area (Å²) < 4.78 is 41.3. The molecule has 0 aliphatic heterocycles. The lowest BCUT2D eigenvalue weighted by Gasteiger charge is -2.20. The molecule has 25 heavy (non-hydrogen) atoms. The SMILES string of the molecule is CC(C(=O)Nc1cccc(OCC(F)(F)F)c1)C(N)c1ccccc1. The van der Waals surface area contributed by atoms with Crippen LogP contribution in [-0.2, 0) is 4.79 Å². The van der Waals surface area contributed by atoms with E-state index in [1.54, 1.807) is 13.0 Å². The number of hydrogen-bond donors (Lipinski definition) is 2. The summed E-state index contributed by atoms with van der Waals surface area (Å²) in [7, 11) is 0. The van der Waals surface area contributed by atoms with Gasteiger partial charge in [-0.25, -0.2) is 0 Å². The van der Waals surface area contributed by atoms with Gasteiger partial charge in [-0.1, -0.05) is 43.3 Å². The lowest BCUT2D eigenvalue weighted by Crippen LogP contribution is -2.30. The zero-order valence-corrected chi connectivity index (χ0v) is 13.6. The van der Waals surface area contributed by atoms with Gasteiger partial charge in [0, 0.05) is 17.8 Å². The molecule has 4 nitrogen and oxygen atoms in total.